The number of ether oxygens (including phenoxy) is 7. The highest BCUT2D eigenvalue weighted by molar-refractivity contribution is 5.94. The van der Waals surface area contributed by atoms with Crippen LogP contribution in [0.5, 0.6) is 11.5 Å². The first-order valence-electron chi connectivity index (χ1n) is 13.7. The van der Waals surface area contributed by atoms with Crippen molar-refractivity contribution >= 4 is 29.8 Å². The third-order valence-electron chi connectivity index (χ3n) is 6.38. The molecule has 242 valence electrons. The second-order valence-corrected chi connectivity index (χ2v) is 9.51. The number of hydrogen-bond donors (Lipinski definition) is 2. The highest BCUT2D eigenvalue weighted by atomic mass is 35.5. The van der Waals surface area contributed by atoms with Gasteiger partial charge in [-0.15, -0.1) is 0 Å². The molecule has 0 saturated carbocycles. The number of esters is 4. The number of halogens is 1. The molecule has 1 aromatic carbocycles. The van der Waals surface area contributed by atoms with Crippen LogP contribution in [0.2, 0.25) is 0 Å². The molecule has 0 bridgehead atoms. The third-order valence-corrected chi connectivity index (χ3v) is 6.38. The zero-order valence-electron chi connectivity index (χ0n) is 25.4. The van der Waals surface area contributed by atoms with Crippen LogP contribution < -0.4 is 32.1 Å². The summed E-state index contributed by atoms with van der Waals surface area (Å²) in [5, 5.41) is 2.88. The van der Waals surface area contributed by atoms with E-state index < -0.39 is 61.2 Å². The fourth-order valence-electron chi connectivity index (χ4n) is 4.37. The summed E-state index contributed by atoms with van der Waals surface area (Å²) >= 11 is 0. The summed E-state index contributed by atoms with van der Waals surface area (Å²) in [6, 6.07) is 4.46. The molecule has 14 nitrogen and oxygen atoms in total. The van der Waals surface area contributed by atoms with Gasteiger partial charge < -0.3 is 55.8 Å². The number of carbonyl (C=O) groups is 5. The first kappa shape index (κ1) is 37.4. The molecule has 0 radical (unpaired) electrons. The number of hydrogen-bond acceptors (Lipinski definition) is 12. The first-order chi connectivity index (χ1) is 19.9. The highest BCUT2D eigenvalue weighted by Gasteiger charge is 2.53. The highest BCUT2D eigenvalue weighted by Crippen LogP contribution is 2.34. The molecule has 1 unspecified atom stereocenters. The van der Waals surface area contributed by atoms with Gasteiger partial charge in [-0.25, -0.2) is 0 Å². The molecule has 15 heteroatoms. The molecule has 2 N–H and O–H groups in total. The minimum Gasteiger partial charge on any atom is -1.00 e. The number of benzene rings is 1. The smallest absolute Gasteiger partial charge is 0.303 e. The van der Waals surface area contributed by atoms with E-state index in [9.17, 15) is 24.0 Å². The van der Waals surface area contributed by atoms with E-state index in [1.165, 1.54) is 37.1 Å². The first-order valence-corrected chi connectivity index (χ1v) is 13.7. The quantitative estimate of drug-likeness (QED) is 0.156. The van der Waals surface area contributed by atoms with Crippen LogP contribution in [0.1, 0.15) is 51.9 Å². The van der Waals surface area contributed by atoms with Crippen LogP contribution in [-0.4, -0.2) is 100 Å². The maximum Gasteiger partial charge on any atom is 0.303 e. The molecule has 1 heterocycles. The molecular weight excluding hydrogens is 592 g/mol. The van der Waals surface area contributed by atoms with Crippen molar-refractivity contribution < 1.29 is 74.4 Å². The van der Waals surface area contributed by atoms with E-state index >= 15 is 0 Å². The molecule has 43 heavy (non-hydrogen) atoms. The van der Waals surface area contributed by atoms with E-state index in [1.807, 2.05) is 0 Å². The molecular formula is C28H41ClN2O12. The van der Waals surface area contributed by atoms with Gasteiger partial charge in [0.25, 0.3) is 5.91 Å². The van der Waals surface area contributed by atoms with E-state index in [-0.39, 0.29) is 29.8 Å². The van der Waals surface area contributed by atoms with E-state index in [0.29, 0.717) is 12.1 Å². The lowest BCUT2D eigenvalue weighted by Gasteiger charge is -2.44. The van der Waals surface area contributed by atoms with Crippen LogP contribution in [-0.2, 0) is 42.9 Å². The Kier molecular flexibility index (Phi) is 15.8. The Balaban J connectivity index is 0.00000924. The predicted molar refractivity (Wildman–Crippen MR) is 145 cm³/mol. The molecule has 1 amide bonds. The van der Waals surface area contributed by atoms with Gasteiger partial charge in [-0.1, -0.05) is 0 Å². The minimum absolute atomic E-state index is 0. The van der Waals surface area contributed by atoms with Crippen molar-refractivity contribution in [2.75, 3.05) is 39.9 Å². The molecule has 0 aliphatic carbocycles. The van der Waals surface area contributed by atoms with Gasteiger partial charge in [0.15, 0.2) is 23.7 Å². The van der Waals surface area contributed by atoms with Crippen molar-refractivity contribution in [1.82, 2.24) is 5.32 Å². The lowest BCUT2D eigenvalue weighted by molar-refractivity contribution is -0.895. The summed E-state index contributed by atoms with van der Waals surface area (Å²) in [7, 11) is 1.38. The number of quaternary nitrogens is 1. The Hall–Kier alpha value is -3.62. The lowest BCUT2D eigenvalue weighted by atomic mass is 9.98. The SMILES string of the molecule is CC[NH+](CC)CCNC(=O)c1ccc(OC2O[C@H](COC(C)=O)[C@@H](OC(C)=O)[C@H](OC(C)=O)[C@H]2OC(C)=O)c(OC)c1.[Cl-]. The Bertz CT molecular complexity index is 1110. The van der Waals surface area contributed by atoms with Crippen molar-refractivity contribution in [3.63, 3.8) is 0 Å². The summed E-state index contributed by atoms with van der Waals surface area (Å²) in [4.78, 5) is 61.6. The van der Waals surface area contributed by atoms with Crippen LogP contribution in [0, 0.1) is 0 Å². The van der Waals surface area contributed by atoms with Gasteiger partial charge in [0, 0.05) is 33.3 Å². The summed E-state index contributed by atoms with van der Waals surface area (Å²) < 4.78 is 38.7. The largest absolute Gasteiger partial charge is 1.00 e. The molecule has 2 rings (SSSR count). The van der Waals surface area contributed by atoms with Crippen molar-refractivity contribution in [2.45, 2.75) is 72.2 Å². The van der Waals surface area contributed by atoms with Gasteiger partial charge in [0.1, 0.15) is 12.7 Å². The number of nitrogens with one attached hydrogen (secondary N) is 2. The average Bonchev–Trinajstić information content (AvgIpc) is 2.92. The zero-order valence-corrected chi connectivity index (χ0v) is 26.2. The van der Waals surface area contributed by atoms with Crippen molar-refractivity contribution in [3.8, 4) is 11.5 Å². The van der Waals surface area contributed by atoms with Gasteiger partial charge in [0.05, 0.1) is 33.3 Å². The second-order valence-electron chi connectivity index (χ2n) is 9.51. The molecule has 5 atom stereocenters. The van der Waals surface area contributed by atoms with Crippen molar-refractivity contribution in [2.24, 2.45) is 0 Å². The third kappa shape index (κ3) is 11.5. The van der Waals surface area contributed by atoms with Crippen molar-refractivity contribution in [1.29, 1.82) is 0 Å². The van der Waals surface area contributed by atoms with Crippen molar-refractivity contribution in [3.05, 3.63) is 23.8 Å². The Morgan fingerprint density at radius 3 is 1.95 bits per heavy atom. The topological polar surface area (TPSA) is 166 Å². The maximum atomic E-state index is 12.8. The fourth-order valence-corrected chi connectivity index (χ4v) is 4.37. The minimum atomic E-state index is -1.45. The fraction of sp³-hybridized carbons (Fsp3) is 0.607. The number of rotatable bonds is 14. The number of likely N-dealkylation sites (N-methyl/N-ethyl adjacent to an activating group) is 1. The van der Waals surface area contributed by atoms with Gasteiger partial charge in [0.2, 0.25) is 12.4 Å². The number of carbonyl (C=O) groups excluding carboxylic acids is 5. The zero-order chi connectivity index (χ0) is 31.4. The summed E-state index contributed by atoms with van der Waals surface area (Å²) in [5.41, 5.74) is 0.315. The number of methoxy groups -OCH3 is 1. The molecule has 1 fully saturated rings. The van der Waals surface area contributed by atoms with E-state index in [1.54, 1.807) is 0 Å². The Morgan fingerprint density at radius 1 is 0.837 bits per heavy atom. The molecule has 1 aliphatic rings. The average molecular weight is 633 g/mol. The predicted octanol–water partition coefficient (Wildman–Crippen LogP) is -3.18. The standard InChI is InChI=1S/C28H40N2O12.ClH/c1-8-30(9-2)13-12-29-27(35)20-10-11-21(22(14-20)36-7)41-28-26(40-19(6)34)25(39-18(5)33)24(38-17(4)32)23(42-28)15-37-16(3)31;/h10-11,14,23-26,28H,8-9,12-13,15H2,1-7H3,(H,29,35);1H/t23-,24-,25+,26-,28?;/m1./s1. The molecule has 0 spiro atoms. The molecule has 1 aromatic rings. The molecule has 0 aromatic heterocycles. The van der Waals surface area contributed by atoms with Crippen LogP contribution in [0.3, 0.4) is 0 Å². The maximum absolute atomic E-state index is 12.8. The normalized spacial score (nSPS) is 21.1. The van der Waals surface area contributed by atoms with Crippen LogP contribution in [0.25, 0.3) is 0 Å². The Labute approximate surface area is 257 Å². The summed E-state index contributed by atoms with van der Waals surface area (Å²) in [6.07, 6.45) is -6.75. The van der Waals surface area contributed by atoms with Crippen LogP contribution in [0.15, 0.2) is 18.2 Å². The second kappa shape index (κ2) is 18.1. The van der Waals surface area contributed by atoms with Gasteiger partial charge in [-0.3, -0.25) is 24.0 Å². The number of amides is 1. The van der Waals surface area contributed by atoms with E-state index in [4.69, 9.17) is 33.2 Å². The van der Waals surface area contributed by atoms with Gasteiger partial charge >= 0.3 is 23.9 Å². The Morgan fingerprint density at radius 2 is 1.42 bits per heavy atom. The van der Waals surface area contributed by atoms with Gasteiger partial charge in [-0.2, -0.15) is 0 Å². The molecule has 1 saturated heterocycles. The van der Waals surface area contributed by atoms with Gasteiger partial charge in [-0.05, 0) is 32.0 Å². The van der Waals surface area contributed by atoms with Crippen LogP contribution >= 0.6 is 0 Å². The monoisotopic (exact) mass is 632 g/mol. The summed E-state index contributed by atoms with van der Waals surface area (Å²) in [6.45, 7) is 11.5. The molecule has 1 aliphatic heterocycles. The summed E-state index contributed by atoms with van der Waals surface area (Å²) in [5.74, 6) is -2.97. The lowest BCUT2D eigenvalue weighted by Crippen LogP contribution is -3.12. The van der Waals surface area contributed by atoms with E-state index in [0.717, 1.165) is 40.4 Å². The van der Waals surface area contributed by atoms with Crippen LogP contribution in [0.4, 0.5) is 0 Å². The van der Waals surface area contributed by atoms with E-state index in [2.05, 4.69) is 19.2 Å².